The van der Waals surface area contributed by atoms with Crippen molar-refractivity contribution in [1.29, 1.82) is 0 Å². The summed E-state index contributed by atoms with van der Waals surface area (Å²) in [5.74, 6) is -1.18. The molecule has 1 amide bonds. The molecule has 1 heterocycles. The fourth-order valence-corrected chi connectivity index (χ4v) is 5.79. The van der Waals surface area contributed by atoms with Gasteiger partial charge in [-0.15, -0.1) is 13.2 Å². The quantitative estimate of drug-likeness (QED) is 0.734. The van der Waals surface area contributed by atoms with E-state index in [9.17, 15) is 26.4 Å². The number of alkyl halides is 3. The Hall–Kier alpha value is -2.75. The van der Waals surface area contributed by atoms with Gasteiger partial charge in [-0.1, -0.05) is 18.2 Å². The molecule has 0 spiro atoms. The van der Waals surface area contributed by atoms with Crippen LogP contribution in [0.2, 0.25) is 0 Å². The topological polar surface area (TPSA) is 75.7 Å². The lowest BCUT2D eigenvalue weighted by Gasteiger charge is -2.40. The van der Waals surface area contributed by atoms with E-state index in [1.165, 1.54) is 23.4 Å². The Bertz CT molecular complexity index is 1060. The number of nitrogens with zero attached hydrogens (tertiary/aromatic N) is 1. The fraction of sp³-hybridized carbons (Fsp3) is 0.381. The zero-order valence-corrected chi connectivity index (χ0v) is 18.1. The lowest BCUT2D eigenvalue weighted by atomic mass is 10.0. The van der Waals surface area contributed by atoms with Crippen LogP contribution in [0.3, 0.4) is 0 Å². The molecule has 0 radical (unpaired) electrons. The average molecular weight is 456 g/mol. The molecule has 2 aromatic rings. The van der Waals surface area contributed by atoms with Crippen molar-refractivity contribution >= 4 is 27.3 Å². The highest BCUT2D eigenvalue weighted by Gasteiger charge is 2.52. The highest BCUT2D eigenvalue weighted by Crippen LogP contribution is 2.39. The molecule has 1 saturated heterocycles. The van der Waals surface area contributed by atoms with Gasteiger partial charge in [-0.2, -0.15) is 0 Å². The Morgan fingerprint density at radius 2 is 1.68 bits per heavy atom. The van der Waals surface area contributed by atoms with Crippen LogP contribution in [0.5, 0.6) is 5.75 Å². The summed E-state index contributed by atoms with van der Waals surface area (Å²) >= 11 is 0. The molecule has 0 saturated carbocycles. The van der Waals surface area contributed by atoms with Crippen molar-refractivity contribution < 1.29 is 31.1 Å². The summed E-state index contributed by atoms with van der Waals surface area (Å²) in [6, 6.07) is 10.0. The molecule has 3 rings (SSSR count). The molecule has 2 aromatic carbocycles. The number of carbonyl (C=O) groups excluding carboxylic acids is 1. The number of nitrogens with one attached hydrogen (secondary N) is 1. The molecule has 1 aliphatic heterocycles. The minimum atomic E-state index is -4.83. The highest BCUT2D eigenvalue weighted by atomic mass is 32.2. The van der Waals surface area contributed by atoms with Crippen LogP contribution >= 0.6 is 0 Å². The van der Waals surface area contributed by atoms with Gasteiger partial charge in [-0.3, -0.25) is 9.10 Å². The molecule has 10 heteroatoms. The van der Waals surface area contributed by atoms with Gasteiger partial charge in [0, 0.05) is 12.2 Å². The third-order valence-corrected chi connectivity index (χ3v) is 7.86. The number of amides is 1. The molecule has 1 atom stereocenters. The molecular formula is C21H23F3N2O4S. The number of carbonyl (C=O) groups is 1. The maximum Gasteiger partial charge on any atom is 0.573 e. The molecule has 0 bridgehead atoms. The maximum absolute atomic E-state index is 13.5. The van der Waals surface area contributed by atoms with Crippen LogP contribution in [0, 0.1) is 13.8 Å². The second-order valence-electron chi connectivity index (χ2n) is 7.68. The first-order chi connectivity index (χ1) is 14.3. The van der Waals surface area contributed by atoms with Gasteiger partial charge in [0.2, 0.25) is 15.9 Å². The molecule has 168 valence electrons. The number of anilines is 2. The predicted octanol–water partition coefficient (Wildman–Crippen LogP) is 4.53. The van der Waals surface area contributed by atoms with Crippen LogP contribution in [-0.2, 0) is 14.8 Å². The summed E-state index contributed by atoms with van der Waals surface area (Å²) in [4.78, 5) is 13.0. The molecule has 0 unspecified atom stereocenters. The normalized spacial score (nSPS) is 20.9. The number of ether oxygens (including phenoxy) is 1. The van der Waals surface area contributed by atoms with Crippen molar-refractivity contribution in [3.8, 4) is 5.75 Å². The lowest BCUT2D eigenvalue weighted by Crippen LogP contribution is -2.57. The minimum absolute atomic E-state index is 0.123. The van der Waals surface area contributed by atoms with Gasteiger partial charge < -0.3 is 10.1 Å². The van der Waals surface area contributed by atoms with Gasteiger partial charge in [0.15, 0.2) is 4.75 Å². The van der Waals surface area contributed by atoms with Gasteiger partial charge in [0.25, 0.3) is 0 Å². The number of halogens is 3. The molecule has 6 nitrogen and oxygen atoms in total. The zero-order valence-electron chi connectivity index (χ0n) is 17.3. The van der Waals surface area contributed by atoms with Gasteiger partial charge in [-0.25, -0.2) is 8.42 Å². The van der Waals surface area contributed by atoms with E-state index < -0.39 is 32.8 Å². The smallest absolute Gasteiger partial charge is 0.406 e. The standard InChI is InChI=1S/C21H23F3N2O4S/c1-14-6-4-7-15(2)18(14)26-13-5-12-20(3,31(26,28)29)19(27)25-16-8-10-17(11-9-16)30-21(22,23)24/h4,6-11H,5,12-13H2,1-3H3,(H,25,27)/t20-/m0/s1. The summed E-state index contributed by atoms with van der Waals surface area (Å²) in [6.07, 6.45) is -4.22. The van der Waals surface area contributed by atoms with Crippen molar-refractivity contribution in [3.05, 3.63) is 53.6 Å². The summed E-state index contributed by atoms with van der Waals surface area (Å²) in [5, 5.41) is 2.52. The van der Waals surface area contributed by atoms with Crippen LogP contribution in [0.25, 0.3) is 0 Å². The van der Waals surface area contributed by atoms with Crippen LogP contribution in [0.1, 0.15) is 30.9 Å². The highest BCUT2D eigenvalue weighted by molar-refractivity contribution is 7.95. The second kappa shape index (κ2) is 8.07. The van der Waals surface area contributed by atoms with Crippen molar-refractivity contribution in [3.63, 3.8) is 0 Å². The Morgan fingerprint density at radius 3 is 2.23 bits per heavy atom. The van der Waals surface area contributed by atoms with Crippen LogP contribution in [-0.4, -0.2) is 32.0 Å². The first-order valence-corrected chi connectivity index (χ1v) is 11.0. The molecule has 0 aliphatic carbocycles. The number of hydrogen-bond donors (Lipinski definition) is 1. The van der Waals surface area contributed by atoms with Gasteiger partial charge >= 0.3 is 6.36 Å². The fourth-order valence-electron chi connectivity index (χ4n) is 3.72. The van der Waals surface area contributed by atoms with Gasteiger partial charge in [-0.05, 0) is 69.0 Å². The van der Waals surface area contributed by atoms with E-state index in [0.717, 1.165) is 23.3 Å². The number of benzene rings is 2. The van der Waals surface area contributed by atoms with E-state index >= 15 is 0 Å². The van der Waals surface area contributed by atoms with Crippen molar-refractivity contribution in [1.82, 2.24) is 0 Å². The average Bonchev–Trinajstić information content (AvgIpc) is 2.65. The Morgan fingerprint density at radius 1 is 1.10 bits per heavy atom. The second-order valence-corrected chi connectivity index (χ2v) is 9.97. The van der Waals surface area contributed by atoms with Crippen LogP contribution < -0.4 is 14.4 Å². The zero-order chi connectivity index (χ0) is 23.0. The van der Waals surface area contributed by atoms with E-state index in [0.29, 0.717) is 12.1 Å². The first kappa shape index (κ1) is 22.9. The predicted molar refractivity (Wildman–Crippen MR) is 112 cm³/mol. The lowest BCUT2D eigenvalue weighted by molar-refractivity contribution is -0.274. The van der Waals surface area contributed by atoms with E-state index in [4.69, 9.17) is 0 Å². The monoisotopic (exact) mass is 456 g/mol. The van der Waals surface area contributed by atoms with Gasteiger partial charge in [0.05, 0.1) is 5.69 Å². The molecule has 1 fully saturated rings. The Balaban J connectivity index is 1.86. The SMILES string of the molecule is Cc1cccc(C)c1N1CCC[C@@](C)(C(=O)Nc2ccc(OC(F)(F)F)cc2)S1(=O)=O. The molecule has 0 aromatic heterocycles. The first-order valence-electron chi connectivity index (χ1n) is 9.61. The third-order valence-electron chi connectivity index (χ3n) is 5.39. The van der Waals surface area contributed by atoms with Crippen LogP contribution in [0.15, 0.2) is 42.5 Å². The number of rotatable bonds is 4. The largest absolute Gasteiger partial charge is 0.573 e. The third kappa shape index (κ3) is 4.48. The van der Waals surface area contributed by atoms with E-state index in [-0.39, 0.29) is 18.7 Å². The Labute approximate surface area is 179 Å². The molecular weight excluding hydrogens is 433 g/mol. The van der Waals surface area contributed by atoms with Crippen molar-refractivity contribution in [2.45, 2.75) is 44.7 Å². The minimum Gasteiger partial charge on any atom is -0.406 e. The number of aryl methyl sites for hydroxylation is 2. The molecule has 1 N–H and O–H groups in total. The summed E-state index contributed by atoms with van der Waals surface area (Å²) in [6.45, 7) is 5.27. The van der Waals surface area contributed by atoms with E-state index in [1.807, 2.05) is 32.0 Å². The molecule has 31 heavy (non-hydrogen) atoms. The van der Waals surface area contributed by atoms with Crippen LogP contribution in [0.4, 0.5) is 24.5 Å². The Kier molecular flexibility index (Phi) is 5.96. The summed E-state index contributed by atoms with van der Waals surface area (Å²) in [7, 11) is -4.07. The van der Waals surface area contributed by atoms with E-state index in [2.05, 4.69) is 10.1 Å². The summed E-state index contributed by atoms with van der Waals surface area (Å²) in [5.41, 5.74) is 2.30. The number of hydrogen-bond acceptors (Lipinski definition) is 4. The maximum atomic E-state index is 13.5. The van der Waals surface area contributed by atoms with E-state index in [1.54, 1.807) is 0 Å². The summed E-state index contributed by atoms with van der Waals surface area (Å²) < 4.78 is 67.3. The number of para-hydroxylation sites is 1. The number of sulfonamides is 1. The van der Waals surface area contributed by atoms with Gasteiger partial charge in [0.1, 0.15) is 5.75 Å². The van der Waals surface area contributed by atoms with Crippen molar-refractivity contribution in [2.75, 3.05) is 16.2 Å². The molecule has 1 aliphatic rings. The van der Waals surface area contributed by atoms with Crippen molar-refractivity contribution in [2.24, 2.45) is 0 Å².